The monoisotopic (exact) mass is 754 g/mol. The molecular weight excluding hydrogens is 717 g/mol. The molecule has 2 aliphatic carbocycles. The number of furan rings is 1. The Bertz CT molecular complexity index is 3250. The van der Waals surface area contributed by atoms with Crippen molar-refractivity contribution in [2.75, 3.05) is 0 Å². The minimum Gasteiger partial charge on any atom is -0.455 e. The van der Waals surface area contributed by atoms with Gasteiger partial charge in [0.05, 0.1) is 16.8 Å². The average Bonchev–Trinajstić information content (AvgIpc) is 3.83. The second-order valence-electron chi connectivity index (χ2n) is 16.4. The van der Waals surface area contributed by atoms with E-state index in [2.05, 4.69) is 190 Å². The molecule has 0 saturated carbocycles. The summed E-state index contributed by atoms with van der Waals surface area (Å²) in [6.45, 7) is 4.74. The Morgan fingerprint density at radius 1 is 0.390 bits per heavy atom. The van der Waals surface area contributed by atoms with Crippen molar-refractivity contribution in [3.05, 3.63) is 228 Å². The van der Waals surface area contributed by atoms with E-state index in [0.717, 1.165) is 61.1 Å². The molecule has 2 heterocycles. The lowest BCUT2D eigenvalue weighted by atomic mass is 9.55. The highest BCUT2D eigenvalue weighted by Crippen LogP contribution is 2.63. The normalized spacial score (nSPS) is 14.2. The van der Waals surface area contributed by atoms with Gasteiger partial charge < -0.3 is 4.42 Å². The molecule has 0 atom stereocenters. The van der Waals surface area contributed by atoms with Crippen LogP contribution in [0.3, 0.4) is 0 Å². The molecule has 8 aromatic carbocycles. The maximum atomic E-state index is 6.41. The van der Waals surface area contributed by atoms with Crippen LogP contribution in [0.2, 0.25) is 0 Å². The molecule has 0 bridgehead atoms. The number of rotatable bonds is 4. The van der Waals surface area contributed by atoms with Crippen LogP contribution in [0.1, 0.15) is 47.2 Å². The van der Waals surface area contributed by atoms with Crippen LogP contribution in [0.25, 0.3) is 78.1 Å². The van der Waals surface area contributed by atoms with Crippen molar-refractivity contribution in [1.82, 2.24) is 9.97 Å². The van der Waals surface area contributed by atoms with Gasteiger partial charge in [-0.15, -0.1) is 0 Å². The van der Waals surface area contributed by atoms with Gasteiger partial charge in [0.15, 0.2) is 5.82 Å². The highest BCUT2D eigenvalue weighted by Gasteiger charge is 2.53. The molecule has 59 heavy (non-hydrogen) atoms. The SMILES string of the molecule is CC1(C)c2ccccc2C2(c3ccccc3-c3c(-c4cc(-c5ccc(-c6cccc7c6oc6ccccc67)cc5)nc(-c5ccccc5)n4)cccc32)c2ccccc21. The Hall–Kier alpha value is -7.36. The first-order valence-electron chi connectivity index (χ1n) is 20.4. The fraction of sp³-hybridized carbons (Fsp3) is 0.0714. The summed E-state index contributed by atoms with van der Waals surface area (Å²) in [6, 6.07) is 69.9. The van der Waals surface area contributed by atoms with E-state index >= 15 is 0 Å². The third-order valence-electron chi connectivity index (χ3n) is 13.0. The van der Waals surface area contributed by atoms with Crippen LogP contribution in [-0.4, -0.2) is 9.97 Å². The summed E-state index contributed by atoms with van der Waals surface area (Å²) in [5.41, 5.74) is 18.7. The number of hydrogen-bond acceptors (Lipinski definition) is 3. The summed E-state index contributed by atoms with van der Waals surface area (Å²) in [5.74, 6) is 0.697. The van der Waals surface area contributed by atoms with Crippen molar-refractivity contribution < 1.29 is 4.42 Å². The van der Waals surface area contributed by atoms with Gasteiger partial charge in [-0.2, -0.15) is 0 Å². The van der Waals surface area contributed by atoms with E-state index in [1.807, 2.05) is 18.2 Å². The van der Waals surface area contributed by atoms with E-state index in [1.54, 1.807) is 0 Å². The molecule has 0 fully saturated rings. The summed E-state index contributed by atoms with van der Waals surface area (Å²) < 4.78 is 6.41. The highest BCUT2D eigenvalue weighted by molar-refractivity contribution is 6.09. The third kappa shape index (κ3) is 4.76. The van der Waals surface area contributed by atoms with Crippen LogP contribution in [0.15, 0.2) is 199 Å². The van der Waals surface area contributed by atoms with Crippen LogP contribution >= 0.6 is 0 Å². The molecule has 0 N–H and O–H groups in total. The molecule has 0 unspecified atom stereocenters. The Morgan fingerprint density at radius 2 is 0.932 bits per heavy atom. The summed E-state index contributed by atoms with van der Waals surface area (Å²) in [4.78, 5) is 10.6. The first-order chi connectivity index (χ1) is 29.0. The number of fused-ring (bicyclic) bond motifs is 12. The zero-order chi connectivity index (χ0) is 39.3. The van der Waals surface area contributed by atoms with Gasteiger partial charge in [-0.3, -0.25) is 0 Å². The fourth-order valence-corrected chi connectivity index (χ4v) is 10.4. The zero-order valence-electron chi connectivity index (χ0n) is 32.8. The van der Waals surface area contributed by atoms with Gasteiger partial charge in [-0.05, 0) is 62.2 Å². The van der Waals surface area contributed by atoms with Gasteiger partial charge >= 0.3 is 0 Å². The van der Waals surface area contributed by atoms with E-state index in [-0.39, 0.29) is 5.41 Å². The molecule has 278 valence electrons. The number of nitrogens with zero attached hydrogens (tertiary/aromatic N) is 2. The number of para-hydroxylation sites is 2. The van der Waals surface area contributed by atoms with Crippen molar-refractivity contribution in [1.29, 1.82) is 0 Å². The second-order valence-corrected chi connectivity index (χ2v) is 16.4. The number of benzene rings is 8. The topological polar surface area (TPSA) is 38.9 Å². The molecule has 0 amide bonds. The van der Waals surface area contributed by atoms with E-state index < -0.39 is 5.41 Å². The second kappa shape index (κ2) is 12.6. The van der Waals surface area contributed by atoms with Crippen molar-refractivity contribution >= 4 is 21.9 Å². The van der Waals surface area contributed by atoms with Crippen LogP contribution in [0.4, 0.5) is 0 Å². The zero-order valence-corrected chi connectivity index (χ0v) is 32.8. The Labute approximate surface area is 343 Å². The van der Waals surface area contributed by atoms with E-state index in [0.29, 0.717) is 5.82 Å². The third-order valence-corrected chi connectivity index (χ3v) is 13.0. The minimum atomic E-state index is -0.485. The van der Waals surface area contributed by atoms with Gasteiger partial charge in [-0.25, -0.2) is 9.97 Å². The van der Waals surface area contributed by atoms with E-state index in [4.69, 9.17) is 14.4 Å². The smallest absolute Gasteiger partial charge is 0.160 e. The molecule has 3 nitrogen and oxygen atoms in total. The maximum Gasteiger partial charge on any atom is 0.160 e. The van der Waals surface area contributed by atoms with Crippen molar-refractivity contribution in [2.45, 2.75) is 24.7 Å². The summed E-state index contributed by atoms with van der Waals surface area (Å²) >= 11 is 0. The van der Waals surface area contributed by atoms with Gasteiger partial charge in [-0.1, -0.05) is 196 Å². The fourth-order valence-electron chi connectivity index (χ4n) is 10.4. The van der Waals surface area contributed by atoms with Gasteiger partial charge in [0.1, 0.15) is 11.2 Å². The quantitative estimate of drug-likeness (QED) is 0.180. The van der Waals surface area contributed by atoms with Gasteiger partial charge in [0, 0.05) is 38.4 Å². The van der Waals surface area contributed by atoms with E-state index in [9.17, 15) is 0 Å². The summed E-state index contributed by atoms with van der Waals surface area (Å²) in [6.07, 6.45) is 0. The average molecular weight is 755 g/mol. The van der Waals surface area contributed by atoms with Gasteiger partial charge in [0.2, 0.25) is 0 Å². The first kappa shape index (κ1) is 33.7. The van der Waals surface area contributed by atoms with Gasteiger partial charge in [0.25, 0.3) is 0 Å². The predicted molar refractivity (Wildman–Crippen MR) is 240 cm³/mol. The van der Waals surface area contributed by atoms with Crippen LogP contribution in [0.5, 0.6) is 0 Å². The first-order valence-corrected chi connectivity index (χ1v) is 20.4. The van der Waals surface area contributed by atoms with Crippen molar-refractivity contribution in [3.63, 3.8) is 0 Å². The van der Waals surface area contributed by atoms with Crippen LogP contribution in [0, 0.1) is 0 Å². The minimum absolute atomic E-state index is 0.159. The highest BCUT2D eigenvalue weighted by atomic mass is 16.3. The van der Waals surface area contributed by atoms with Crippen molar-refractivity contribution in [3.8, 4) is 56.2 Å². The predicted octanol–water partition coefficient (Wildman–Crippen LogP) is 14.0. The molecule has 3 heteroatoms. The molecule has 10 aromatic rings. The molecular formula is C56H38N2O. The lowest BCUT2D eigenvalue weighted by molar-refractivity contribution is 0.563. The molecule has 1 spiro atoms. The summed E-state index contributed by atoms with van der Waals surface area (Å²) in [5, 5.41) is 2.25. The standard InChI is InChI=1S/C56H38N2O/c1-55(2)44-24-9-11-26-46(44)56(47-27-12-10-25-45(47)55)43-23-8-6-19-41(43)52-42(22-15-28-48(52)56)50-34-49(57-54(58-50)37-16-4-3-5-17-37)36-32-30-35(31-33-36)38-20-14-21-40-39-18-7-13-29-51(39)59-53(38)40/h3-34H,1-2H3. The Balaban J connectivity index is 1.06. The molecule has 2 aromatic heterocycles. The van der Waals surface area contributed by atoms with Crippen LogP contribution < -0.4 is 0 Å². The summed E-state index contributed by atoms with van der Waals surface area (Å²) in [7, 11) is 0. The Morgan fingerprint density at radius 3 is 1.69 bits per heavy atom. The van der Waals surface area contributed by atoms with Crippen LogP contribution in [-0.2, 0) is 10.8 Å². The lowest BCUT2D eigenvalue weighted by Gasteiger charge is -2.46. The van der Waals surface area contributed by atoms with E-state index in [1.165, 1.54) is 44.5 Å². The maximum absolute atomic E-state index is 6.41. The molecule has 0 saturated heterocycles. The largest absolute Gasteiger partial charge is 0.455 e. The number of aromatic nitrogens is 2. The molecule has 2 aliphatic rings. The lowest BCUT2D eigenvalue weighted by Crippen LogP contribution is -2.40. The Kier molecular flexibility index (Phi) is 7.19. The van der Waals surface area contributed by atoms with Crippen molar-refractivity contribution in [2.24, 2.45) is 0 Å². The molecule has 0 aliphatic heterocycles. The molecule has 0 radical (unpaired) electrons. The molecule has 12 rings (SSSR count). The number of hydrogen-bond donors (Lipinski definition) is 0.